The van der Waals surface area contributed by atoms with Crippen molar-refractivity contribution in [2.45, 2.75) is 45.1 Å². The van der Waals surface area contributed by atoms with E-state index < -0.39 is 5.97 Å². The first kappa shape index (κ1) is 24.4. The van der Waals surface area contributed by atoms with Gasteiger partial charge < -0.3 is 14.3 Å². The van der Waals surface area contributed by atoms with Gasteiger partial charge in [0.2, 0.25) is 5.91 Å². The maximum absolute atomic E-state index is 13.8. The second-order valence-corrected chi connectivity index (χ2v) is 10.3. The number of nitrogens with zero attached hydrogens (tertiary/aromatic N) is 4. The van der Waals surface area contributed by atoms with Crippen molar-refractivity contribution >= 4 is 28.8 Å². The third kappa shape index (κ3) is 4.58. The molecule has 4 aromatic rings. The summed E-state index contributed by atoms with van der Waals surface area (Å²) in [7, 11) is 0. The zero-order chi connectivity index (χ0) is 26.2. The van der Waals surface area contributed by atoms with Gasteiger partial charge in [0.1, 0.15) is 16.8 Å². The van der Waals surface area contributed by atoms with Gasteiger partial charge in [-0.05, 0) is 74.4 Å². The van der Waals surface area contributed by atoms with E-state index in [1.165, 1.54) is 10.9 Å². The Morgan fingerprint density at radius 2 is 1.87 bits per heavy atom. The van der Waals surface area contributed by atoms with Crippen LogP contribution in [0.3, 0.4) is 0 Å². The van der Waals surface area contributed by atoms with Crippen molar-refractivity contribution in [3.63, 3.8) is 0 Å². The summed E-state index contributed by atoms with van der Waals surface area (Å²) in [4.78, 5) is 32.0. The molecule has 1 N–H and O–H groups in total. The summed E-state index contributed by atoms with van der Waals surface area (Å²) in [5, 5.41) is 14.7. The van der Waals surface area contributed by atoms with Gasteiger partial charge >= 0.3 is 5.97 Å². The van der Waals surface area contributed by atoms with Crippen LogP contribution in [0.2, 0.25) is 0 Å². The number of carbonyl (C=O) groups is 2. The minimum Gasteiger partial charge on any atom is -0.477 e. The Balaban J connectivity index is 1.33. The smallest absolute Gasteiger partial charge is 0.341 e. The number of fused-ring (bicyclic) bond motifs is 1. The lowest BCUT2D eigenvalue weighted by molar-refractivity contribution is -0.124. The SMILES string of the molecule is C[C@H]1CC[C@H](C(=O)N(c2nn(-c3ccc(-c4cc5ncccc5o4)cc3)cc2C(=O)O)C2CCOC2)CC1. The summed E-state index contributed by atoms with van der Waals surface area (Å²) >= 11 is 0. The molecule has 0 spiro atoms. The zero-order valence-corrected chi connectivity index (χ0v) is 21.2. The Morgan fingerprint density at radius 1 is 1.08 bits per heavy atom. The Hall–Kier alpha value is -3.98. The average Bonchev–Trinajstić information content (AvgIpc) is 3.69. The molecule has 1 aliphatic carbocycles. The van der Waals surface area contributed by atoms with Crippen LogP contribution in [0.4, 0.5) is 5.82 Å². The third-order valence-electron chi connectivity index (χ3n) is 7.73. The number of hydrogen-bond acceptors (Lipinski definition) is 6. The van der Waals surface area contributed by atoms with Crippen molar-refractivity contribution in [2.24, 2.45) is 11.8 Å². The highest BCUT2D eigenvalue weighted by Gasteiger charge is 2.38. The van der Waals surface area contributed by atoms with Gasteiger partial charge in [-0.3, -0.25) is 14.7 Å². The molecule has 0 radical (unpaired) electrons. The number of pyridine rings is 1. The quantitative estimate of drug-likeness (QED) is 0.370. The number of aromatic carboxylic acids is 1. The van der Waals surface area contributed by atoms with E-state index in [-0.39, 0.29) is 29.2 Å². The van der Waals surface area contributed by atoms with E-state index in [0.29, 0.717) is 42.6 Å². The van der Waals surface area contributed by atoms with Gasteiger partial charge in [0.05, 0.1) is 18.3 Å². The van der Waals surface area contributed by atoms with E-state index in [1.54, 1.807) is 11.1 Å². The highest BCUT2D eigenvalue weighted by Crippen LogP contribution is 2.34. The van der Waals surface area contributed by atoms with Crippen molar-refractivity contribution in [3.8, 4) is 17.0 Å². The number of hydrogen-bond donors (Lipinski definition) is 1. The molecule has 6 rings (SSSR count). The number of amides is 1. The Labute approximate surface area is 220 Å². The molecule has 2 aliphatic rings. The fraction of sp³-hybridized carbons (Fsp3) is 0.379. The number of anilines is 1. The number of ether oxygens (including phenoxy) is 1. The number of aromatic nitrogens is 3. The molecule has 1 aliphatic heterocycles. The summed E-state index contributed by atoms with van der Waals surface area (Å²) < 4.78 is 13.0. The molecule has 0 bridgehead atoms. The summed E-state index contributed by atoms with van der Waals surface area (Å²) in [5.74, 6) is 0.188. The zero-order valence-electron chi connectivity index (χ0n) is 21.2. The van der Waals surface area contributed by atoms with E-state index >= 15 is 0 Å². The summed E-state index contributed by atoms with van der Waals surface area (Å²) in [5.41, 5.74) is 3.04. The van der Waals surface area contributed by atoms with Crippen molar-refractivity contribution in [1.82, 2.24) is 14.8 Å². The van der Waals surface area contributed by atoms with Crippen LogP contribution in [0.25, 0.3) is 28.1 Å². The van der Waals surface area contributed by atoms with E-state index in [1.807, 2.05) is 42.5 Å². The van der Waals surface area contributed by atoms with E-state index in [4.69, 9.17) is 9.15 Å². The first-order chi connectivity index (χ1) is 18.5. The van der Waals surface area contributed by atoms with E-state index in [2.05, 4.69) is 17.0 Å². The van der Waals surface area contributed by atoms with Crippen LogP contribution in [0.5, 0.6) is 0 Å². The van der Waals surface area contributed by atoms with Gasteiger partial charge in [-0.1, -0.05) is 6.92 Å². The van der Waals surface area contributed by atoms with Crippen molar-refractivity contribution in [3.05, 3.63) is 60.4 Å². The third-order valence-corrected chi connectivity index (χ3v) is 7.73. The van der Waals surface area contributed by atoms with Crippen LogP contribution in [0.15, 0.2) is 59.3 Å². The summed E-state index contributed by atoms with van der Waals surface area (Å²) in [6, 6.07) is 12.9. The number of carboxylic acid groups (broad SMARTS) is 1. The number of carbonyl (C=O) groups excluding carboxylic acids is 1. The molecule has 1 saturated carbocycles. The lowest BCUT2D eigenvalue weighted by atomic mass is 9.82. The molecule has 9 nitrogen and oxygen atoms in total. The second-order valence-electron chi connectivity index (χ2n) is 10.3. The standard InChI is InChI=1S/C29H30N4O5/c1-18-4-6-20(7-5-18)28(34)33(22-12-14-37-17-22)27-23(29(35)36)16-32(31-27)21-10-8-19(9-11-21)26-15-24-25(38-26)3-2-13-30-24/h2-3,8-11,13,15-16,18,20,22H,4-7,12,14,17H2,1H3,(H,35,36)/t18-,20-,22?. The minimum absolute atomic E-state index is 0.00172. The first-order valence-corrected chi connectivity index (χ1v) is 13.2. The predicted octanol–water partition coefficient (Wildman–Crippen LogP) is 5.33. The molecule has 1 saturated heterocycles. The first-order valence-electron chi connectivity index (χ1n) is 13.2. The molecule has 3 aromatic heterocycles. The van der Waals surface area contributed by atoms with Gasteiger partial charge in [0.25, 0.3) is 0 Å². The maximum Gasteiger partial charge on any atom is 0.341 e. The van der Waals surface area contributed by atoms with Crippen LogP contribution < -0.4 is 4.90 Å². The predicted molar refractivity (Wildman–Crippen MR) is 141 cm³/mol. The van der Waals surface area contributed by atoms with Gasteiger partial charge in [-0.25, -0.2) is 9.48 Å². The molecule has 38 heavy (non-hydrogen) atoms. The van der Waals surface area contributed by atoms with Crippen molar-refractivity contribution < 1.29 is 23.8 Å². The molecule has 1 unspecified atom stereocenters. The largest absolute Gasteiger partial charge is 0.477 e. The van der Waals surface area contributed by atoms with Gasteiger partial charge in [-0.2, -0.15) is 0 Å². The normalized spacial score (nSPS) is 21.6. The molecule has 9 heteroatoms. The van der Waals surface area contributed by atoms with Gasteiger partial charge in [0.15, 0.2) is 11.4 Å². The Bertz CT molecular complexity index is 1430. The fourth-order valence-electron chi connectivity index (χ4n) is 5.50. The maximum atomic E-state index is 13.8. The summed E-state index contributed by atoms with van der Waals surface area (Å²) in [6.07, 6.45) is 7.48. The topological polar surface area (TPSA) is 111 Å². The number of rotatable bonds is 6. The second kappa shape index (κ2) is 10.1. The number of carboxylic acids is 1. The number of furan rings is 1. The molecular formula is C29H30N4O5. The van der Waals surface area contributed by atoms with Gasteiger partial charge in [0, 0.05) is 36.5 Å². The monoisotopic (exact) mass is 514 g/mol. The molecule has 4 heterocycles. The highest BCUT2D eigenvalue weighted by molar-refractivity contribution is 6.02. The lowest BCUT2D eigenvalue weighted by Crippen LogP contribution is -2.46. The van der Waals surface area contributed by atoms with Crippen molar-refractivity contribution in [1.29, 1.82) is 0 Å². The van der Waals surface area contributed by atoms with Crippen LogP contribution >= 0.6 is 0 Å². The van der Waals surface area contributed by atoms with E-state index in [9.17, 15) is 14.7 Å². The van der Waals surface area contributed by atoms with Crippen LogP contribution in [-0.4, -0.2) is 51.0 Å². The number of benzene rings is 1. The molecule has 1 atom stereocenters. The summed E-state index contributed by atoms with van der Waals surface area (Å²) in [6.45, 7) is 3.13. The van der Waals surface area contributed by atoms with E-state index in [0.717, 1.165) is 36.8 Å². The molecular weight excluding hydrogens is 484 g/mol. The van der Waals surface area contributed by atoms with Crippen LogP contribution in [0, 0.1) is 11.8 Å². The van der Waals surface area contributed by atoms with Gasteiger partial charge in [-0.15, -0.1) is 5.10 Å². The fourth-order valence-corrected chi connectivity index (χ4v) is 5.50. The Kier molecular flexibility index (Phi) is 6.45. The Morgan fingerprint density at radius 3 is 2.55 bits per heavy atom. The molecule has 1 aromatic carbocycles. The molecule has 1 amide bonds. The lowest BCUT2D eigenvalue weighted by Gasteiger charge is -2.33. The minimum atomic E-state index is -1.12. The molecule has 2 fully saturated rings. The van der Waals surface area contributed by atoms with Crippen molar-refractivity contribution in [2.75, 3.05) is 18.1 Å². The highest BCUT2D eigenvalue weighted by atomic mass is 16.5. The molecule has 196 valence electrons. The van der Waals surface area contributed by atoms with Crippen LogP contribution in [-0.2, 0) is 9.53 Å². The average molecular weight is 515 g/mol. The van der Waals surface area contributed by atoms with Crippen LogP contribution in [0.1, 0.15) is 49.4 Å².